The van der Waals surface area contributed by atoms with E-state index in [1.54, 1.807) is 0 Å². The van der Waals surface area contributed by atoms with Gasteiger partial charge in [-0.3, -0.25) is 0 Å². The smallest absolute Gasteiger partial charge is 0.129 e. The van der Waals surface area contributed by atoms with Crippen LogP contribution in [0.25, 0.3) is 6.08 Å². The van der Waals surface area contributed by atoms with E-state index in [-0.39, 0.29) is 0 Å². The van der Waals surface area contributed by atoms with E-state index in [4.69, 9.17) is 4.84 Å². The summed E-state index contributed by atoms with van der Waals surface area (Å²) in [7, 11) is 0. The van der Waals surface area contributed by atoms with Gasteiger partial charge in [0.2, 0.25) is 0 Å². The predicted molar refractivity (Wildman–Crippen MR) is 101 cm³/mol. The van der Waals surface area contributed by atoms with Crippen LogP contribution in [-0.2, 0) is 4.84 Å². The maximum Gasteiger partial charge on any atom is 0.129 e. The second-order valence-corrected chi connectivity index (χ2v) is 6.12. The fourth-order valence-corrected chi connectivity index (χ4v) is 2.19. The van der Waals surface area contributed by atoms with Crippen molar-refractivity contribution in [2.45, 2.75) is 40.5 Å². The van der Waals surface area contributed by atoms with Gasteiger partial charge in [0.05, 0.1) is 5.71 Å². The first-order valence-corrected chi connectivity index (χ1v) is 8.80. The fourth-order valence-electron chi connectivity index (χ4n) is 2.19. The number of likely N-dealkylation sites (N-methyl/N-ethyl adjacent to an activating group) is 1. The molecule has 0 bridgehead atoms. The van der Waals surface area contributed by atoms with Gasteiger partial charge in [0.1, 0.15) is 6.61 Å². The molecule has 23 heavy (non-hydrogen) atoms. The van der Waals surface area contributed by atoms with Crippen LogP contribution in [0.2, 0.25) is 0 Å². The summed E-state index contributed by atoms with van der Waals surface area (Å²) in [4.78, 5) is 7.88. The zero-order valence-electron chi connectivity index (χ0n) is 15.2. The zero-order valence-corrected chi connectivity index (χ0v) is 15.2. The molecule has 0 N–H and O–H groups in total. The number of benzene rings is 1. The van der Waals surface area contributed by atoms with Crippen molar-refractivity contribution in [3.8, 4) is 0 Å². The Morgan fingerprint density at radius 3 is 2.48 bits per heavy atom. The normalized spacial score (nSPS) is 12.5. The van der Waals surface area contributed by atoms with Crippen LogP contribution in [0.5, 0.6) is 0 Å². The van der Waals surface area contributed by atoms with Crippen LogP contribution >= 0.6 is 0 Å². The highest BCUT2D eigenvalue weighted by Gasteiger charge is 2.01. The van der Waals surface area contributed by atoms with E-state index < -0.39 is 0 Å². The molecule has 0 radical (unpaired) electrons. The van der Waals surface area contributed by atoms with E-state index in [1.807, 2.05) is 18.2 Å². The average molecular weight is 316 g/mol. The molecule has 0 atom stereocenters. The lowest BCUT2D eigenvalue weighted by Crippen LogP contribution is -2.26. The molecule has 1 aromatic rings. The third-order valence-corrected chi connectivity index (χ3v) is 3.82. The maximum atomic E-state index is 5.55. The summed E-state index contributed by atoms with van der Waals surface area (Å²) >= 11 is 0. The summed E-state index contributed by atoms with van der Waals surface area (Å²) in [6.45, 7) is 12.5. The number of hydrogen-bond donors (Lipinski definition) is 0. The maximum absolute atomic E-state index is 5.55. The fraction of sp³-hybridized carbons (Fsp3) is 0.550. The lowest BCUT2D eigenvalue weighted by molar-refractivity contribution is 0.114. The molecule has 0 saturated heterocycles. The van der Waals surface area contributed by atoms with Crippen LogP contribution in [0.1, 0.15) is 46.1 Å². The molecule has 0 spiro atoms. The molecule has 1 aromatic carbocycles. The van der Waals surface area contributed by atoms with Gasteiger partial charge < -0.3 is 9.74 Å². The molecule has 0 heterocycles. The summed E-state index contributed by atoms with van der Waals surface area (Å²) in [5.41, 5.74) is 2.20. The molecular weight excluding hydrogens is 284 g/mol. The Kier molecular flexibility index (Phi) is 10.0. The Bertz CT molecular complexity index is 462. The first-order chi connectivity index (χ1) is 11.2. The van der Waals surface area contributed by atoms with Gasteiger partial charge in [0.25, 0.3) is 0 Å². The van der Waals surface area contributed by atoms with Crippen LogP contribution in [0.15, 0.2) is 41.6 Å². The highest BCUT2D eigenvalue weighted by Crippen LogP contribution is 2.08. The second kappa shape index (κ2) is 11.9. The number of oxime groups is 1. The Morgan fingerprint density at radius 2 is 1.87 bits per heavy atom. The first-order valence-electron chi connectivity index (χ1n) is 8.80. The SMILES string of the molecule is CCN(CC)CCO/N=C(/C=C/c1ccccc1)CCC(C)C. The minimum absolute atomic E-state index is 0.645. The molecule has 0 aliphatic rings. The number of hydrogen-bond acceptors (Lipinski definition) is 3. The largest absolute Gasteiger partial charge is 0.394 e. The van der Waals surface area contributed by atoms with E-state index in [9.17, 15) is 0 Å². The molecular formula is C20H32N2O. The van der Waals surface area contributed by atoms with Gasteiger partial charge in [-0.05, 0) is 43.5 Å². The Balaban J connectivity index is 2.56. The number of nitrogens with zero attached hydrogens (tertiary/aromatic N) is 2. The monoisotopic (exact) mass is 316 g/mol. The lowest BCUT2D eigenvalue weighted by atomic mass is 10.0. The minimum Gasteiger partial charge on any atom is -0.394 e. The van der Waals surface area contributed by atoms with Crippen LogP contribution in [0, 0.1) is 5.92 Å². The van der Waals surface area contributed by atoms with Gasteiger partial charge in [-0.1, -0.05) is 69.3 Å². The van der Waals surface area contributed by atoms with Crippen molar-refractivity contribution >= 4 is 11.8 Å². The Morgan fingerprint density at radius 1 is 1.17 bits per heavy atom. The third-order valence-electron chi connectivity index (χ3n) is 3.82. The van der Waals surface area contributed by atoms with Crippen molar-refractivity contribution in [1.82, 2.24) is 4.90 Å². The summed E-state index contributed by atoms with van der Waals surface area (Å²) in [6.07, 6.45) is 6.26. The molecule has 0 saturated carbocycles. The van der Waals surface area contributed by atoms with Gasteiger partial charge in [0, 0.05) is 6.54 Å². The van der Waals surface area contributed by atoms with Crippen molar-refractivity contribution in [2.75, 3.05) is 26.2 Å². The first kappa shape index (κ1) is 19.4. The molecule has 0 aliphatic heterocycles. The quantitative estimate of drug-likeness (QED) is 0.331. The highest BCUT2D eigenvalue weighted by atomic mass is 16.6. The number of rotatable bonds is 11. The van der Waals surface area contributed by atoms with Crippen molar-refractivity contribution in [3.63, 3.8) is 0 Å². The molecule has 0 unspecified atom stereocenters. The van der Waals surface area contributed by atoms with Crippen molar-refractivity contribution < 1.29 is 4.84 Å². The van der Waals surface area contributed by atoms with E-state index in [0.29, 0.717) is 12.5 Å². The van der Waals surface area contributed by atoms with Gasteiger partial charge in [0.15, 0.2) is 0 Å². The summed E-state index contributed by atoms with van der Waals surface area (Å²) < 4.78 is 0. The summed E-state index contributed by atoms with van der Waals surface area (Å²) in [5.74, 6) is 0.668. The molecule has 3 nitrogen and oxygen atoms in total. The Hall–Kier alpha value is -1.61. The lowest BCUT2D eigenvalue weighted by Gasteiger charge is -2.16. The van der Waals surface area contributed by atoms with Gasteiger partial charge in [-0.25, -0.2) is 0 Å². The van der Waals surface area contributed by atoms with Crippen LogP contribution in [0.4, 0.5) is 0 Å². The molecule has 0 fully saturated rings. The van der Waals surface area contributed by atoms with Gasteiger partial charge in [-0.15, -0.1) is 0 Å². The molecule has 128 valence electrons. The average Bonchev–Trinajstić information content (AvgIpc) is 2.57. The van der Waals surface area contributed by atoms with E-state index in [0.717, 1.165) is 38.2 Å². The van der Waals surface area contributed by atoms with Crippen LogP contribution < -0.4 is 0 Å². The summed E-state index contributed by atoms with van der Waals surface area (Å²) in [6, 6.07) is 10.3. The van der Waals surface area contributed by atoms with E-state index in [1.165, 1.54) is 5.56 Å². The Labute approximate surface area is 142 Å². The molecule has 1 rings (SSSR count). The van der Waals surface area contributed by atoms with Crippen LogP contribution in [0.3, 0.4) is 0 Å². The van der Waals surface area contributed by atoms with Gasteiger partial charge in [-0.2, -0.15) is 0 Å². The van der Waals surface area contributed by atoms with E-state index >= 15 is 0 Å². The predicted octanol–water partition coefficient (Wildman–Crippen LogP) is 4.85. The molecule has 0 aliphatic carbocycles. The molecule has 0 aromatic heterocycles. The topological polar surface area (TPSA) is 24.8 Å². The minimum atomic E-state index is 0.645. The molecule has 0 amide bonds. The zero-order chi connectivity index (χ0) is 16.9. The van der Waals surface area contributed by atoms with Gasteiger partial charge >= 0.3 is 0 Å². The molecule has 3 heteroatoms. The van der Waals surface area contributed by atoms with Crippen molar-refractivity contribution in [1.29, 1.82) is 0 Å². The van der Waals surface area contributed by atoms with Crippen molar-refractivity contribution in [2.24, 2.45) is 11.1 Å². The second-order valence-electron chi connectivity index (χ2n) is 6.12. The van der Waals surface area contributed by atoms with Crippen LogP contribution in [-0.4, -0.2) is 36.9 Å². The van der Waals surface area contributed by atoms with E-state index in [2.05, 4.69) is 62.0 Å². The van der Waals surface area contributed by atoms with Crippen molar-refractivity contribution in [3.05, 3.63) is 42.0 Å². The third kappa shape index (κ3) is 9.19. The highest BCUT2D eigenvalue weighted by molar-refractivity contribution is 5.97. The number of allylic oxidation sites excluding steroid dienone is 1. The standard InChI is InChI=1S/C20H32N2O/c1-5-22(6-2)16-17-23-21-20(14-12-18(3)4)15-13-19-10-8-7-9-11-19/h7-11,13,15,18H,5-6,12,14,16-17H2,1-4H3/b15-13+,21-20+. The summed E-state index contributed by atoms with van der Waals surface area (Å²) in [5, 5.41) is 4.35.